The Balaban J connectivity index is 1.08. The highest BCUT2D eigenvalue weighted by Crippen LogP contribution is 2.31. The van der Waals surface area contributed by atoms with Crippen LogP contribution >= 0.6 is 0 Å². The van der Waals surface area contributed by atoms with Gasteiger partial charge in [0, 0.05) is 67.2 Å². The number of hydrogen-bond donors (Lipinski definition) is 3. The number of fused-ring (bicyclic) bond motifs is 2. The Kier molecular flexibility index (Phi) is 8.90. The third-order valence-corrected chi connectivity index (χ3v) is 9.16. The van der Waals surface area contributed by atoms with Gasteiger partial charge in [0.25, 0.3) is 23.6 Å². The van der Waals surface area contributed by atoms with Crippen molar-refractivity contribution in [3.8, 4) is 6.07 Å². The summed E-state index contributed by atoms with van der Waals surface area (Å²) in [5, 5.41) is 16.0. The number of rotatable bonds is 7. The Hall–Kier alpha value is -6.36. The van der Waals surface area contributed by atoms with E-state index in [9.17, 15) is 34.0 Å². The van der Waals surface area contributed by atoms with E-state index in [1.165, 1.54) is 6.21 Å². The molecule has 3 aromatic carbocycles. The molecule has 14 nitrogen and oxygen atoms in total. The number of aliphatic imine (C=N–C) groups is 1. The molecule has 0 saturated carbocycles. The summed E-state index contributed by atoms with van der Waals surface area (Å²) in [4.78, 5) is 85.9. The monoisotopic (exact) mass is 674 g/mol. The molecular weight excluding hydrogens is 640 g/mol. The van der Waals surface area contributed by atoms with Gasteiger partial charge in [-0.25, -0.2) is 0 Å². The highest BCUT2D eigenvalue weighted by atomic mass is 16.2. The number of nitrogens with one attached hydrogen (secondary N) is 2. The highest BCUT2D eigenvalue weighted by molar-refractivity contribution is 6.24. The average molecular weight is 675 g/mol. The van der Waals surface area contributed by atoms with Gasteiger partial charge in [-0.05, 0) is 50.6 Å². The Bertz CT molecular complexity index is 2070. The van der Waals surface area contributed by atoms with E-state index in [1.807, 2.05) is 29.2 Å². The molecular formula is C36H34N8O6. The molecule has 1 atom stereocenters. The molecule has 3 aliphatic rings. The average Bonchev–Trinajstić information content (AvgIpc) is 3.36. The van der Waals surface area contributed by atoms with Crippen molar-refractivity contribution in [2.24, 2.45) is 10.7 Å². The normalized spacial score (nSPS) is 18.4. The molecule has 4 N–H and O–H groups in total. The summed E-state index contributed by atoms with van der Waals surface area (Å²) in [6.45, 7) is 4.72. The van der Waals surface area contributed by atoms with Crippen LogP contribution in [-0.4, -0.2) is 89.2 Å². The van der Waals surface area contributed by atoms with E-state index in [0.717, 1.165) is 11.1 Å². The zero-order valence-electron chi connectivity index (χ0n) is 27.4. The molecule has 0 spiro atoms. The zero-order valence-corrected chi connectivity index (χ0v) is 27.4. The number of anilines is 2. The number of nitrogens with two attached hydrogens (primary N) is 1. The molecule has 0 aromatic heterocycles. The Morgan fingerprint density at radius 3 is 2.36 bits per heavy atom. The maximum Gasteiger partial charge on any atom is 0.262 e. The van der Waals surface area contributed by atoms with Crippen LogP contribution in [0, 0.1) is 11.3 Å². The van der Waals surface area contributed by atoms with Crippen LogP contribution in [-0.2, 0) is 19.2 Å². The van der Waals surface area contributed by atoms with E-state index in [2.05, 4.69) is 21.7 Å². The maximum atomic E-state index is 13.4. The van der Waals surface area contributed by atoms with Crippen LogP contribution in [0.25, 0.3) is 10.8 Å². The molecule has 3 aromatic rings. The van der Waals surface area contributed by atoms with Crippen molar-refractivity contribution in [3.63, 3.8) is 0 Å². The fourth-order valence-corrected chi connectivity index (χ4v) is 6.25. The van der Waals surface area contributed by atoms with Crippen LogP contribution in [0.15, 0.2) is 71.4 Å². The summed E-state index contributed by atoms with van der Waals surface area (Å²) >= 11 is 0. The van der Waals surface area contributed by atoms with Gasteiger partial charge in [-0.3, -0.25) is 44.0 Å². The highest BCUT2D eigenvalue weighted by Gasteiger charge is 2.45. The molecule has 1 unspecified atom stereocenters. The van der Waals surface area contributed by atoms with Gasteiger partial charge >= 0.3 is 0 Å². The first-order chi connectivity index (χ1) is 23.9. The number of hydrogen-bond acceptors (Lipinski definition) is 10. The molecule has 14 heteroatoms. The number of amides is 6. The fraction of sp³-hybridized carbons (Fsp3) is 0.278. The van der Waals surface area contributed by atoms with Crippen molar-refractivity contribution < 1.29 is 28.8 Å². The van der Waals surface area contributed by atoms with Crippen molar-refractivity contribution in [2.75, 3.05) is 36.4 Å². The minimum Gasteiger partial charge on any atom is -0.404 e. The van der Waals surface area contributed by atoms with Gasteiger partial charge in [0.15, 0.2) is 0 Å². The van der Waals surface area contributed by atoms with E-state index in [0.29, 0.717) is 53.9 Å². The smallest absolute Gasteiger partial charge is 0.262 e. The predicted molar refractivity (Wildman–Crippen MR) is 184 cm³/mol. The largest absolute Gasteiger partial charge is 0.404 e. The molecule has 2 fully saturated rings. The van der Waals surface area contributed by atoms with Crippen LogP contribution < -0.4 is 21.3 Å². The second kappa shape index (κ2) is 13.3. The number of imide groups is 2. The lowest BCUT2D eigenvalue weighted by atomic mass is 10.0. The Morgan fingerprint density at radius 1 is 0.980 bits per heavy atom. The third kappa shape index (κ3) is 6.16. The minimum atomic E-state index is -1.28. The molecule has 0 aliphatic carbocycles. The molecule has 6 amide bonds. The van der Waals surface area contributed by atoms with E-state index in [-0.39, 0.29) is 35.4 Å². The lowest BCUT2D eigenvalue weighted by Gasteiger charge is -2.36. The first-order valence-corrected chi connectivity index (χ1v) is 16.0. The lowest BCUT2D eigenvalue weighted by molar-refractivity contribution is -0.136. The maximum absolute atomic E-state index is 13.4. The van der Waals surface area contributed by atoms with Gasteiger partial charge in [0.1, 0.15) is 11.6 Å². The van der Waals surface area contributed by atoms with Crippen LogP contribution in [0.5, 0.6) is 0 Å². The van der Waals surface area contributed by atoms with Crippen LogP contribution in [0.4, 0.5) is 11.4 Å². The molecule has 2 saturated heterocycles. The van der Waals surface area contributed by atoms with Crippen molar-refractivity contribution in [1.29, 1.82) is 5.26 Å². The van der Waals surface area contributed by atoms with E-state index in [1.54, 1.807) is 49.1 Å². The number of benzene rings is 3. The first-order valence-electron chi connectivity index (χ1n) is 16.0. The standard InChI is InChI=1S/C36H34N8O6/c1-36(2,35(50)40-28-10-7-21(18-37)24-5-3-4-6-25(24)28)39-20-22(19-38)32(47)43-15-13-42(14-16-43)23-8-9-26-27(17-23)34(49)44(33(26)48)29-11-12-30(45)41-31(29)46/h3-10,17,19-20,29H,11-16,38H2,1-2H3,(H,40,50)(H,41,45,46). The van der Waals surface area contributed by atoms with Gasteiger partial charge < -0.3 is 20.9 Å². The molecule has 3 heterocycles. The molecule has 50 heavy (non-hydrogen) atoms. The molecule has 0 radical (unpaired) electrons. The van der Waals surface area contributed by atoms with E-state index >= 15 is 0 Å². The van der Waals surface area contributed by atoms with Crippen molar-refractivity contribution in [2.45, 2.75) is 38.3 Å². The Labute approximate surface area is 287 Å². The summed E-state index contributed by atoms with van der Waals surface area (Å²) < 4.78 is 0. The second-order valence-corrected chi connectivity index (χ2v) is 12.7. The number of piperazine rings is 1. The molecule has 254 valence electrons. The van der Waals surface area contributed by atoms with Crippen LogP contribution in [0.1, 0.15) is 53.0 Å². The van der Waals surface area contributed by atoms with Crippen molar-refractivity contribution in [1.82, 2.24) is 15.1 Å². The predicted octanol–water partition coefficient (Wildman–Crippen LogP) is 2.09. The number of nitrogens with zero attached hydrogens (tertiary/aromatic N) is 5. The second-order valence-electron chi connectivity index (χ2n) is 12.7. The Morgan fingerprint density at radius 2 is 1.68 bits per heavy atom. The number of piperidine rings is 1. The number of carbonyl (C=O) groups excluding carboxylic acids is 6. The molecule has 0 bridgehead atoms. The third-order valence-electron chi connectivity index (χ3n) is 9.16. The summed E-state index contributed by atoms with van der Waals surface area (Å²) in [6, 6.07) is 16.6. The lowest BCUT2D eigenvalue weighted by Crippen LogP contribution is -2.54. The van der Waals surface area contributed by atoms with Crippen LogP contribution in [0.2, 0.25) is 0 Å². The molecule has 3 aliphatic heterocycles. The van der Waals surface area contributed by atoms with Crippen LogP contribution in [0.3, 0.4) is 0 Å². The van der Waals surface area contributed by atoms with Crippen molar-refractivity contribution in [3.05, 3.63) is 83.1 Å². The van der Waals surface area contributed by atoms with Gasteiger partial charge in [-0.2, -0.15) is 5.26 Å². The fourth-order valence-electron chi connectivity index (χ4n) is 6.25. The number of carbonyl (C=O) groups is 6. The summed E-state index contributed by atoms with van der Waals surface area (Å²) in [5.74, 6) is -3.06. The summed E-state index contributed by atoms with van der Waals surface area (Å²) in [7, 11) is 0. The van der Waals surface area contributed by atoms with Gasteiger partial charge in [-0.1, -0.05) is 24.3 Å². The van der Waals surface area contributed by atoms with Crippen molar-refractivity contribution >= 4 is 63.8 Å². The van der Waals surface area contributed by atoms with E-state index < -0.39 is 41.1 Å². The first kappa shape index (κ1) is 33.5. The van der Waals surface area contributed by atoms with Gasteiger partial charge in [-0.15, -0.1) is 0 Å². The minimum absolute atomic E-state index is 0.0373. The summed E-state index contributed by atoms with van der Waals surface area (Å²) in [5.41, 5.74) is 6.74. The zero-order chi connectivity index (χ0) is 35.7. The SMILES string of the molecule is CC(C)(N=CC(=CN)C(=O)N1CCN(c2ccc3c(c2)C(=O)N(C2CCC(=O)NC2=O)C3=O)CC1)C(=O)Nc1ccc(C#N)c2ccccc12. The topological polar surface area (TPSA) is 198 Å². The summed E-state index contributed by atoms with van der Waals surface area (Å²) in [6.07, 6.45) is 2.55. The van der Waals surface area contributed by atoms with Gasteiger partial charge in [0.2, 0.25) is 11.8 Å². The number of nitriles is 1. The van der Waals surface area contributed by atoms with Gasteiger partial charge in [0.05, 0.1) is 28.3 Å². The quantitative estimate of drug-likeness (QED) is 0.191. The molecule has 6 rings (SSSR count). The van der Waals surface area contributed by atoms with E-state index in [4.69, 9.17) is 5.73 Å².